The maximum absolute atomic E-state index is 11.7. The van der Waals surface area contributed by atoms with Crippen LogP contribution in [-0.2, 0) is 4.74 Å². The van der Waals surface area contributed by atoms with Gasteiger partial charge >= 0.3 is 6.09 Å². The average Bonchev–Trinajstić information content (AvgIpc) is 2.76. The van der Waals surface area contributed by atoms with Crippen molar-refractivity contribution in [3.63, 3.8) is 0 Å². The van der Waals surface area contributed by atoms with E-state index in [4.69, 9.17) is 15.0 Å². The van der Waals surface area contributed by atoms with E-state index in [1.807, 2.05) is 0 Å². The summed E-state index contributed by atoms with van der Waals surface area (Å²) in [6.07, 6.45) is -0.660. The van der Waals surface area contributed by atoms with Crippen molar-refractivity contribution in [1.29, 1.82) is 0 Å². The number of nitrogen functional groups attached to an aromatic ring is 1. The van der Waals surface area contributed by atoms with Crippen LogP contribution in [-0.4, -0.2) is 22.0 Å². The van der Waals surface area contributed by atoms with Crippen molar-refractivity contribution in [2.24, 2.45) is 0 Å². The van der Waals surface area contributed by atoms with Gasteiger partial charge in [-0.3, -0.25) is 5.32 Å². The number of benzene rings is 1. The molecule has 1 heterocycles. The molecule has 1 amide bonds. The van der Waals surface area contributed by atoms with E-state index in [0.717, 1.165) is 0 Å². The molecule has 4 N–H and O–H groups in total. The van der Waals surface area contributed by atoms with Crippen LogP contribution >= 0.6 is 0 Å². The fourth-order valence-corrected chi connectivity index (χ4v) is 1.63. The molecule has 0 atom stereocenters. The van der Waals surface area contributed by atoms with Crippen molar-refractivity contribution >= 4 is 17.6 Å². The largest absolute Gasteiger partial charge is 0.506 e. The zero-order valence-electron chi connectivity index (χ0n) is 12.0. The molecule has 21 heavy (non-hydrogen) atoms. The molecule has 1 aromatic carbocycles. The van der Waals surface area contributed by atoms with Crippen molar-refractivity contribution < 1.29 is 19.2 Å². The minimum Gasteiger partial charge on any atom is -0.506 e. The number of hydrogen-bond donors (Lipinski definition) is 3. The Morgan fingerprint density at radius 3 is 2.67 bits per heavy atom. The number of aromatic nitrogens is 1. The Bertz CT molecular complexity index is 658. The number of hydrogen-bond acceptors (Lipinski definition) is 6. The summed E-state index contributed by atoms with van der Waals surface area (Å²) in [5.74, 6) is 0.594. The molecule has 2 aromatic rings. The minimum absolute atomic E-state index is 0.0860. The van der Waals surface area contributed by atoms with Crippen LogP contribution < -0.4 is 11.1 Å². The van der Waals surface area contributed by atoms with Gasteiger partial charge in [0, 0.05) is 11.6 Å². The minimum atomic E-state index is -0.660. The third-order valence-corrected chi connectivity index (χ3v) is 2.45. The number of phenols is 1. The van der Waals surface area contributed by atoms with E-state index in [0.29, 0.717) is 11.3 Å². The molecule has 0 aliphatic heterocycles. The van der Waals surface area contributed by atoms with Crippen LogP contribution in [0.15, 0.2) is 28.8 Å². The topological polar surface area (TPSA) is 111 Å². The van der Waals surface area contributed by atoms with Crippen molar-refractivity contribution in [3.05, 3.63) is 24.3 Å². The van der Waals surface area contributed by atoms with Crippen LogP contribution in [0.5, 0.6) is 5.75 Å². The number of carbonyl (C=O) groups is 1. The first-order valence-corrected chi connectivity index (χ1v) is 6.30. The maximum Gasteiger partial charge on any atom is 0.412 e. The van der Waals surface area contributed by atoms with Gasteiger partial charge in [-0.2, -0.15) is 0 Å². The van der Waals surface area contributed by atoms with E-state index >= 15 is 0 Å². The average molecular weight is 291 g/mol. The summed E-state index contributed by atoms with van der Waals surface area (Å²) in [6.45, 7) is 5.25. The Kier molecular flexibility index (Phi) is 3.75. The maximum atomic E-state index is 11.7. The predicted molar refractivity (Wildman–Crippen MR) is 77.9 cm³/mol. The third kappa shape index (κ3) is 3.88. The van der Waals surface area contributed by atoms with E-state index in [2.05, 4.69) is 10.5 Å². The molecule has 0 saturated carbocycles. The van der Waals surface area contributed by atoms with Crippen LogP contribution in [0.2, 0.25) is 0 Å². The van der Waals surface area contributed by atoms with Gasteiger partial charge in [0.2, 0.25) is 0 Å². The van der Waals surface area contributed by atoms with Crippen LogP contribution in [0.4, 0.5) is 16.3 Å². The Hall–Kier alpha value is -2.70. The molecule has 0 spiro atoms. The van der Waals surface area contributed by atoms with Gasteiger partial charge in [0.1, 0.15) is 11.4 Å². The quantitative estimate of drug-likeness (QED) is 0.733. The van der Waals surface area contributed by atoms with E-state index < -0.39 is 11.7 Å². The van der Waals surface area contributed by atoms with Gasteiger partial charge < -0.3 is 20.1 Å². The highest BCUT2D eigenvalue weighted by Gasteiger charge is 2.18. The first-order chi connectivity index (χ1) is 9.74. The molecule has 0 fully saturated rings. The van der Waals surface area contributed by atoms with Crippen molar-refractivity contribution in [2.75, 3.05) is 11.1 Å². The number of nitrogens with two attached hydrogens (primary N) is 1. The second kappa shape index (κ2) is 5.35. The monoisotopic (exact) mass is 291 g/mol. The zero-order valence-corrected chi connectivity index (χ0v) is 12.0. The Morgan fingerprint density at radius 2 is 2.10 bits per heavy atom. The van der Waals surface area contributed by atoms with Gasteiger partial charge in [-0.15, -0.1) is 0 Å². The number of rotatable bonds is 2. The van der Waals surface area contributed by atoms with Crippen molar-refractivity contribution in [2.45, 2.75) is 26.4 Å². The van der Waals surface area contributed by atoms with Crippen molar-refractivity contribution in [1.82, 2.24) is 5.16 Å². The molecule has 0 aliphatic rings. The molecule has 112 valence electrons. The number of amides is 1. The number of phenolic OH excluding ortho intramolecular Hbond substituents is 1. The normalized spacial score (nSPS) is 11.2. The molecule has 0 unspecified atom stereocenters. The summed E-state index contributed by atoms with van der Waals surface area (Å²) >= 11 is 0. The second-order valence-corrected chi connectivity index (χ2v) is 5.47. The first-order valence-electron chi connectivity index (χ1n) is 6.30. The zero-order chi connectivity index (χ0) is 15.6. The van der Waals surface area contributed by atoms with E-state index in [9.17, 15) is 9.90 Å². The van der Waals surface area contributed by atoms with E-state index in [-0.39, 0.29) is 17.3 Å². The molecule has 0 bridgehead atoms. The van der Waals surface area contributed by atoms with Gasteiger partial charge in [0.15, 0.2) is 11.6 Å². The summed E-state index contributed by atoms with van der Waals surface area (Å²) < 4.78 is 10.2. The molecule has 0 saturated heterocycles. The molecular weight excluding hydrogens is 274 g/mol. The number of anilines is 2. The molecule has 7 heteroatoms. The van der Waals surface area contributed by atoms with E-state index in [1.165, 1.54) is 6.07 Å². The number of aromatic hydroxyl groups is 1. The highest BCUT2D eigenvalue weighted by molar-refractivity contribution is 5.88. The molecular formula is C14H17N3O4. The standard InChI is InChI=1S/C14H17N3O4/c1-14(2,3)20-13(19)16-9-6-8(4-5-10(9)18)11-7-12(15)17-21-11/h4-7,18H,1-3H3,(H2,15,17)(H,16,19). The molecule has 0 radical (unpaired) electrons. The third-order valence-electron chi connectivity index (χ3n) is 2.45. The second-order valence-electron chi connectivity index (χ2n) is 5.47. The van der Waals surface area contributed by atoms with Gasteiger partial charge in [-0.25, -0.2) is 4.79 Å². The van der Waals surface area contributed by atoms with Gasteiger partial charge in [-0.1, -0.05) is 5.16 Å². The lowest BCUT2D eigenvalue weighted by molar-refractivity contribution is 0.0635. The fourth-order valence-electron chi connectivity index (χ4n) is 1.63. The van der Waals surface area contributed by atoms with Crippen LogP contribution in [0.25, 0.3) is 11.3 Å². The lowest BCUT2D eigenvalue weighted by Gasteiger charge is -2.20. The summed E-state index contributed by atoms with van der Waals surface area (Å²) in [6, 6.07) is 6.14. The predicted octanol–water partition coefficient (Wildman–Crippen LogP) is 2.98. The van der Waals surface area contributed by atoms with Crippen LogP contribution in [0, 0.1) is 0 Å². The number of nitrogens with zero attached hydrogens (tertiary/aromatic N) is 1. The summed E-state index contributed by atoms with van der Waals surface area (Å²) in [7, 11) is 0. The first kappa shape index (κ1) is 14.7. The van der Waals surface area contributed by atoms with Crippen LogP contribution in [0.3, 0.4) is 0 Å². The van der Waals surface area contributed by atoms with Crippen LogP contribution in [0.1, 0.15) is 20.8 Å². The lowest BCUT2D eigenvalue weighted by Crippen LogP contribution is -2.27. The Morgan fingerprint density at radius 1 is 1.38 bits per heavy atom. The smallest absolute Gasteiger partial charge is 0.412 e. The summed E-state index contributed by atoms with van der Waals surface area (Å²) in [5.41, 5.74) is 5.68. The number of nitrogens with one attached hydrogen (secondary N) is 1. The van der Waals surface area contributed by atoms with Gasteiger partial charge in [0.25, 0.3) is 0 Å². The van der Waals surface area contributed by atoms with Gasteiger partial charge in [0.05, 0.1) is 5.69 Å². The number of carbonyl (C=O) groups excluding carboxylic acids is 1. The van der Waals surface area contributed by atoms with Gasteiger partial charge in [-0.05, 0) is 39.0 Å². The number of ether oxygens (including phenoxy) is 1. The summed E-state index contributed by atoms with van der Waals surface area (Å²) in [4.78, 5) is 11.7. The fraction of sp³-hybridized carbons (Fsp3) is 0.286. The van der Waals surface area contributed by atoms with Crippen molar-refractivity contribution in [3.8, 4) is 17.1 Å². The molecule has 2 rings (SSSR count). The Balaban J connectivity index is 2.22. The molecule has 1 aromatic heterocycles. The molecule has 7 nitrogen and oxygen atoms in total. The summed E-state index contributed by atoms with van der Waals surface area (Å²) in [5, 5.41) is 15.9. The Labute approximate surface area is 121 Å². The SMILES string of the molecule is CC(C)(C)OC(=O)Nc1cc(-c2cc(N)no2)ccc1O. The van der Waals surface area contributed by atoms with E-state index in [1.54, 1.807) is 39.0 Å². The highest BCUT2D eigenvalue weighted by atomic mass is 16.6. The molecule has 0 aliphatic carbocycles. The highest BCUT2D eigenvalue weighted by Crippen LogP contribution is 2.30. The lowest BCUT2D eigenvalue weighted by atomic mass is 10.1.